The average Bonchev–Trinajstić information content (AvgIpc) is 2.43. The third-order valence-electron chi connectivity index (χ3n) is 3.71. The SMILES string of the molecule is CN(CC1CCCNC1)C(=O)Cc1ccc(F)cc1F. The summed E-state index contributed by atoms with van der Waals surface area (Å²) < 4.78 is 26.3. The Kier molecular flexibility index (Phi) is 5.06. The lowest BCUT2D eigenvalue weighted by molar-refractivity contribution is -0.129. The summed E-state index contributed by atoms with van der Waals surface area (Å²) in [6, 6.07) is 3.32. The number of hydrogen-bond donors (Lipinski definition) is 1. The summed E-state index contributed by atoms with van der Waals surface area (Å²) in [5, 5.41) is 3.30. The lowest BCUT2D eigenvalue weighted by Crippen LogP contribution is -2.39. The molecule has 0 aliphatic carbocycles. The highest BCUT2D eigenvalue weighted by Gasteiger charge is 2.19. The zero-order valence-corrected chi connectivity index (χ0v) is 11.7. The molecule has 1 aromatic rings. The molecule has 0 radical (unpaired) electrons. The molecule has 1 heterocycles. The van der Waals surface area contributed by atoms with Crippen molar-refractivity contribution >= 4 is 5.91 Å². The van der Waals surface area contributed by atoms with Gasteiger partial charge in [-0.3, -0.25) is 4.79 Å². The summed E-state index contributed by atoms with van der Waals surface area (Å²) in [4.78, 5) is 13.7. The van der Waals surface area contributed by atoms with Gasteiger partial charge in [0, 0.05) is 19.7 Å². The minimum Gasteiger partial charge on any atom is -0.345 e. The number of likely N-dealkylation sites (N-methyl/N-ethyl adjacent to an activating group) is 1. The van der Waals surface area contributed by atoms with Gasteiger partial charge in [0.05, 0.1) is 6.42 Å². The van der Waals surface area contributed by atoms with Crippen LogP contribution in [-0.4, -0.2) is 37.5 Å². The second-order valence-corrected chi connectivity index (χ2v) is 5.40. The molecule has 1 atom stereocenters. The molecular formula is C15H20F2N2O. The standard InChI is InChI=1S/C15H20F2N2O/c1-19(10-11-3-2-6-18-9-11)15(20)7-12-4-5-13(16)8-14(12)17/h4-5,8,11,18H,2-3,6-7,9-10H2,1H3. The van der Waals surface area contributed by atoms with Crippen LogP contribution < -0.4 is 5.32 Å². The van der Waals surface area contributed by atoms with Gasteiger partial charge in [-0.05, 0) is 43.5 Å². The topological polar surface area (TPSA) is 32.3 Å². The van der Waals surface area contributed by atoms with E-state index in [2.05, 4.69) is 5.32 Å². The molecule has 0 saturated carbocycles. The first kappa shape index (κ1) is 14.9. The van der Waals surface area contributed by atoms with Gasteiger partial charge in [0.25, 0.3) is 0 Å². The third-order valence-corrected chi connectivity index (χ3v) is 3.71. The minimum atomic E-state index is -0.661. The van der Waals surface area contributed by atoms with Crippen LogP contribution in [-0.2, 0) is 11.2 Å². The quantitative estimate of drug-likeness (QED) is 0.915. The van der Waals surface area contributed by atoms with E-state index in [9.17, 15) is 13.6 Å². The van der Waals surface area contributed by atoms with Gasteiger partial charge >= 0.3 is 0 Å². The Hall–Kier alpha value is -1.49. The molecule has 2 rings (SSSR count). The summed E-state index contributed by atoms with van der Waals surface area (Å²) in [7, 11) is 1.73. The Morgan fingerprint density at radius 2 is 2.25 bits per heavy atom. The number of benzene rings is 1. The van der Waals surface area contributed by atoms with Gasteiger partial charge < -0.3 is 10.2 Å². The molecule has 0 aromatic heterocycles. The van der Waals surface area contributed by atoms with Crippen LogP contribution in [0, 0.1) is 17.6 Å². The van der Waals surface area contributed by atoms with Crippen molar-refractivity contribution in [1.29, 1.82) is 0 Å². The van der Waals surface area contributed by atoms with Crippen LogP contribution in [0.4, 0.5) is 8.78 Å². The minimum absolute atomic E-state index is 0.0250. The molecule has 1 fully saturated rings. The van der Waals surface area contributed by atoms with Crippen molar-refractivity contribution in [2.75, 3.05) is 26.7 Å². The molecule has 0 bridgehead atoms. The number of carbonyl (C=O) groups is 1. The van der Waals surface area contributed by atoms with Crippen molar-refractivity contribution in [1.82, 2.24) is 10.2 Å². The van der Waals surface area contributed by atoms with Crippen LogP contribution in [0.5, 0.6) is 0 Å². The summed E-state index contributed by atoms with van der Waals surface area (Å²) in [6.45, 7) is 2.63. The number of piperidine rings is 1. The Labute approximate surface area is 118 Å². The van der Waals surface area contributed by atoms with Crippen molar-refractivity contribution in [2.24, 2.45) is 5.92 Å². The second kappa shape index (κ2) is 6.79. The molecule has 1 aliphatic rings. The molecule has 1 amide bonds. The molecule has 20 heavy (non-hydrogen) atoms. The molecule has 1 aliphatic heterocycles. The number of nitrogens with one attached hydrogen (secondary N) is 1. The molecule has 3 nitrogen and oxygen atoms in total. The van der Waals surface area contributed by atoms with Crippen LogP contribution in [0.1, 0.15) is 18.4 Å². The number of halogens is 2. The molecule has 1 N–H and O–H groups in total. The van der Waals surface area contributed by atoms with Gasteiger partial charge in [0.1, 0.15) is 11.6 Å². The monoisotopic (exact) mass is 282 g/mol. The fourth-order valence-corrected chi connectivity index (χ4v) is 2.53. The predicted octanol–water partition coefficient (Wildman–Crippen LogP) is 1.97. The number of nitrogens with zero attached hydrogens (tertiary/aromatic N) is 1. The Morgan fingerprint density at radius 3 is 2.90 bits per heavy atom. The number of hydrogen-bond acceptors (Lipinski definition) is 2. The number of amides is 1. The van der Waals surface area contributed by atoms with Gasteiger partial charge in [0.2, 0.25) is 5.91 Å². The van der Waals surface area contributed by atoms with E-state index in [1.165, 1.54) is 12.1 Å². The highest BCUT2D eigenvalue weighted by atomic mass is 19.1. The van der Waals surface area contributed by atoms with Gasteiger partial charge in [-0.2, -0.15) is 0 Å². The van der Waals surface area contributed by atoms with E-state index in [-0.39, 0.29) is 17.9 Å². The van der Waals surface area contributed by atoms with Crippen molar-refractivity contribution in [3.05, 3.63) is 35.4 Å². The van der Waals surface area contributed by atoms with Gasteiger partial charge in [-0.1, -0.05) is 6.07 Å². The zero-order chi connectivity index (χ0) is 14.5. The highest BCUT2D eigenvalue weighted by Crippen LogP contribution is 2.14. The van der Waals surface area contributed by atoms with Crippen LogP contribution in [0.25, 0.3) is 0 Å². The van der Waals surface area contributed by atoms with E-state index >= 15 is 0 Å². The Morgan fingerprint density at radius 1 is 1.45 bits per heavy atom. The van der Waals surface area contributed by atoms with E-state index in [0.717, 1.165) is 32.0 Å². The van der Waals surface area contributed by atoms with Crippen molar-refractivity contribution in [3.8, 4) is 0 Å². The Balaban J connectivity index is 1.89. The second-order valence-electron chi connectivity index (χ2n) is 5.40. The lowest BCUT2D eigenvalue weighted by atomic mass is 9.99. The van der Waals surface area contributed by atoms with Crippen LogP contribution >= 0.6 is 0 Å². The van der Waals surface area contributed by atoms with Crippen molar-refractivity contribution in [2.45, 2.75) is 19.3 Å². The van der Waals surface area contributed by atoms with E-state index in [0.29, 0.717) is 12.5 Å². The maximum atomic E-state index is 13.5. The highest BCUT2D eigenvalue weighted by molar-refractivity contribution is 5.78. The van der Waals surface area contributed by atoms with Crippen molar-refractivity contribution in [3.63, 3.8) is 0 Å². The fourth-order valence-electron chi connectivity index (χ4n) is 2.53. The summed E-state index contributed by atoms with van der Waals surface area (Å²) >= 11 is 0. The number of carbonyl (C=O) groups excluding carboxylic acids is 1. The van der Waals surface area contributed by atoms with E-state index in [1.54, 1.807) is 11.9 Å². The molecule has 1 aromatic carbocycles. The Bertz CT molecular complexity index is 473. The molecule has 1 unspecified atom stereocenters. The smallest absolute Gasteiger partial charge is 0.226 e. The summed E-state index contributed by atoms with van der Waals surface area (Å²) in [6.07, 6.45) is 2.21. The van der Waals surface area contributed by atoms with Crippen LogP contribution in [0.15, 0.2) is 18.2 Å². The fraction of sp³-hybridized carbons (Fsp3) is 0.533. The first-order chi connectivity index (χ1) is 9.56. The molecule has 1 saturated heterocycles. The van der Waals surface area contributed by atoms with Gasteiger partial charge in [-0.25, -0.2) is 8.78 Å². The number of rotatable bonds is 4. The average molecular weight is 282 g/mol. The summed E-state index contributed by atoms with van der Waals surface area (Å²) in [5.74, 6) is -0.969. The van der Waals surface area contributed by atoms with Crippen molar-refractivity contribution < 1.29 is 13.6 Å². The van der Waals surface area contributed by atoms with E-state index in [4.69, 9.17) is 0 Å². The molecule has 0 spiro atoms. The third kappa shape index (κ3) is 4.00. The first-order valence-electron chi connectivity index (χ1n) is 6.95. The molecule has 110 valence electrons. The first-order valence-corrected chi connectivity index (χ1v) is 6.95. The maximum absolute atomic E-state index is 13.5. The predicted molar refractivity (Wildman–Crippen MR) is 73.3 cm³/mol. The normalized spacial score (nSPS) is 18.9. The van der Waals surface area contributed by atoms with Crippen LogP contribution in [0.2, 0.25) is 0 Å². The zero-order valence-electron chi connectivity index (χ0n) is 11.7. The van der Waals surface area contributed by atoms with E-state index in [1.807, 2.05) is 0 Å². The van der Waals surface area contributed by atoms with Crippen LogP contribution in [0.3, 0.4) is 0 Å². The lowest BCUT2D eigenvalue weighted by Gasteiger charge is -2.27. The maximum Gasteiger partial charge on any atom is 0.226 e. The van der Waals surface area contributed by atoms with E-state index < -0.39 is 11.6 Å². The van der Waals surface area contributed by atoms with Gasteiger partial charge in [0.15, 0.2) is 0 Å². The molecular weight excluding hydrogens is 262 g/mol. The molecule has 5 heteroatoms. The largest absolute Gasteiger partial charge is 0.345 e. The summed E-state index contributed by atoms with van der Waals surface area (Å²) in [5.41, 5.74) is 0.241. The van der Waals surface area contributed by atoms with Gasteiger partial charge in [-0.15, -0.1) is 0 Å².